The summed E-state index contributed by atoms with van der Waals surface area (Å²) in [7, 11) is 1.46. The van der Waals surface area contributed by atoms with E-state index in [1.165, 1.54) is 24.3 Å². The number of fused-ring (bicyclic) bond motifs is 1. The fraction of sp³-hybridized carbons (Fsp3) is 0.294. The van der Waals surface area contributed by atoms with Gasteiger partial charge >= 0.3 is 0 Å². The Labute approximate surface area is 124 Å². The van der Waals surface area contributed by atoms with Crippen molar-refractivity contribution >= 4 is 0 Å². The average Bonchev–Trinajstić information content (AvgIpc) is 2.89. The summed E-state index contributed by atoms with van der Waals surface area (Å²) in [5.41, 5.74) is 9.72. The third-order valence-electron chi connectivity index (χ3n) is 3.97. The minimum atomic E-state index is -0.366. The minimum absolute atomic E-state index is 0.209. The van der Waals surface area contributed by atoms with Gasteiger partial charge in [0.2, 0.25) is 0 Å². The zero-order chi connectivity index (χ0) is 14.8. The minimum Gasteiger partial charge on any atom is -0.494 e. The van der Waals surface area contributed by atoms with Gasteiger partial charge in [0.25, 0.3) is 0 Å². The molecule has 0 spiro atoms. The molecule has 0 bridgehead atoms. The molecule has 3 nitrogen and oxygen atoms in total. The number of rotatable bonds is 4. The normalized spacial score (nSPS) is 15.8. The maximum Gasteiger partial charge on any atom is 0.165 e. The summed E-state index contributed by atoms with van der Waals surface area (Å²) in [6, 6.07) is 13.1. The van der Waals surface area contributed by atoms with E-state index in [1.807, 2.05) is 6.07 Å². The van der Waals surface area contributed by atoms with Gasteiger partial charge in [-0.1, -0.05) is 30.3 Å². The number of hydrogen-bond acceptors (Lipinski definition) is 3. The molecule has 1 aliphatic heterocycles. The highest BCUT2D eigenvalue weighted by molar-refractivity contribution is 5.32. The molecular formula is C17H19FN2O. The van der Waals surface area contributed by atoms with E-state index in [0.29, 0.717) is 6.54 Å². The molecule has 0 fully saturated rings. The van der Waals surface area contributed by atoms with Crippen LogP contribution in [0.4, 0.5) is 4.39 Å². The third kappa shape index (κ3) is 2.91. The van der Waals surface area contributed by atoms with Crippen LogP contribution < -0.4 is 10.5 Å². The number of nitrogens with two attached hydrogens (primary N) is 1. The first-order valence-electron chi connectivity index (χ1n) is 7.05. The van der Waals surface area contributed by atoms with Crippen LogP contribution in [0.15, 0.2) is 42.5 Å². The zero-order valence-corrected chi connectivity index (χ0v) is 12.1. The molecule has 0 aromatic heterocycles. The molecule has 0 amide bonds. The van der Waals surface area contributed by atoms with Crippen LogP contribution in [0.5, 0.6) is 5.75 Å². The van der Waals surface area contributed by atoms with E-state index >= 15 is 0 Å². The Hall–Kier alpha value is -1.91. The zero-order valence-electron chi connectivity index (χ0n) is 12.1. The van der Waals surface area contributed by atoms with Crippen molar-refractivity contribution in [1.29, 1.82) is 0 Å². The lowest BCUT2D eigenvalue weighted by atomic mass is 10.1. The Kier molecular flexibility index (Phi) is 3.90. The highest BCUT2D eigenvalue weighted by Crippen LogP contribution is 2.26. The highest BCUT2D eigenvalue weighted by atomic mass is 19.1. The van der Waals surface area contributed by atoms with Crippen molar-refractivity contribution < 1.29 is 9.13 Å². The van der Waals surface area contributed by atoms with Crippen LogP contribution in [0, 0.1) is 5.82 Å². The first-order chi connectivity index (χ1) is 10.2. The van der Waals surface area contributed by atoms with Gasteiger partial charge in [0.15, 0.2) is 11.6 Å². The van der Waals surface area contributed by atoms with Crippen LogP contribution in [0.3, 0.4) is 0 Å². The van der Waals surface area contributed by atoms with Crippen LogP contribution in [-0.2, 0) is 13.1 Å². The van der Waals surface area contributed by atoms with E-state index in [2.05, 4.69) is 29.2 Å². The average molecular weight is 286 g/mol. The quantitative estimate of drug-likeness (QED) is 0.939. The molecule has 3 rings (SSSR count). The SMILES string of the molecule is COc1ccc(C(N)CN2Cc3ccccc3C2)cc1F. The van der Waals surface area contributed by atoms with E-state index in [9.17, 15) is 4.39 Å². The number of halogens is 1. The Balaban J connectivity index is 1.68. The largest absolute Gasteiger partial charge is 0.494 e. The van der Waals surface area contributed by atoms with E-state index in [-0.39, 0.29) is 17.6 Å². The van der Waals surface area contributed by atoms with Gasteiger partial charge in [-0.3, -0.25) is 4.90 Å². The van der Waals surface area contributed by atoms with E-state index in [1.54, 1.807) is 6.07 Å². The molecule has 110 valence electrons. The lowest BCUT2D eigenvalue weighted by molar-refractivity contribution is 0.265. The standard InChI is InChI=1S/C17H19FN2O/c1-21-17-7-6-12(8-15(17)18)16(19)11-20-9-13-4-2-3-5-14(13)10-20/h2-8,16H,9-11,19H2,1H3. The van der Waals surface area contributed by atoms with Gasteiger partial charge in [0.1, 0.15) is 0 Å². The van der Waals surface area contributed by atoms with Crippen molar-refractivity contribution in [1.82, 2.24) is 4.90 Å². The lowest BCUT2D eigenvalue weighted by Gasteiger charge is -2.21. The molecular weight excluding hydrogens is 267 g/mol. The van der Waals surface area contributed by atoms with Crippen LogP contribution in [0.2, 0.25) is 0 Å². The molecule has 1 aliphatic rings. The second kappa shape index (κ2) is 5.84. The third-order valence-corrected chi connectivity index (χ3v) is 3.97. The Morgan fingerprint density at radius 3 is 2.43 bits per heavy atom. The van der Waals surface area contributed by atoms with Crippen LogP contribution in [-0.4, -0.2) is 18.6 Å². The first kappa shape index (κ1) is 14.0. The predicted molar refractivity (Wildman–Crippen MR) is 80.4 cm³/mol. The molecule has 21 heavy (non-hydrogen) atoms. The van der Waals surface area contributed by atoms with Crippen molar-refractivity contribution in [3.05, 3.63) is 65.0 Å². The van der Waals surface area contributed by atoms with Crippen molar-refractivity contribution in [2.24, 2.45) is 5.73 Å². The first-order valence-corrected chi connectivity index (χ1v) is 7.05. The number of nitrogens with zero attached hydrogens (tertiary/aromatic N) is 1. The second-order valence-corrected chi connectivity index (χ2v) is 5.44. The highest BCUT2D eigenvalue weighted by Gasteiger charge is 2.21. The predicted octanol–water partition coefficient (Wildman–Crippen LogP) is 2.85. The molecule has 1 heterocycles. The summed E-state index contributed by atoms with van der Waals surface area (Å²) in [4.78, 5) is 2.29. The van der Waals surface area contributed by atoms with Gasteiger partial charge in [-0.25, -0.2) is 4.39 Å². The van der Waals surface area contributed by atoms with Crippen molar-refractivity contribution in [3.8, 4) is 5.75 Å². The van der Waals surface area contributed by atoms with Gasteiger partial charge < -0.3 is 10.5 Å². The molecule has 1 atom stereocenters. The molecule has 0 saturated carbocycles. The summed E-state index contributed by atoms with van der Waals surface area (Å²) < 4.78 is 18.7. The van der Waals surface area contributed by atoms with E-state index in [0.717, 1.165) is 18.7 Å². The Bertz CT molecular complexity index is 619. The number of benzene rings is 2. The summed E-state index contributed by atoms with van der Waals surface area (Å²) in [5, 5.41) is 0. The molecule has 2 N–H and O–H groups in total. The molecule has 1 unspecified atom stereocenters. The molecule has 2 aromatic carbocycles. The fourth-order valence-corrected chi connectivity index (χ4v) is 2.83. The van der Waals surface area contributed by atoms with E-state index in [4.69, 9.17) is 10.5 Å². The van der Waals surface area contributed by atoms with Gasteiger partial charge in [-0.2, -0.15) is 0 Å². The number of methoxy groups -OCH3 is 1. The lowest BCUT2D eigenvalue weighted by Crippen LogP contribution is -2.28. The molecule has 0 aliphatic carbocycles. The van der Waals surface area contributed by atoms with E-state index < -0.39 is 0 Å². The Morgan fingerprint density at radius 2 is 1.86 bits per heavy atom. The van der Waals surface area contributed by atoms with Crippen LogP contribution in [0.25, 0.3) is 0 Å². The summed E-state index contributed by atoms with van der Waals surface area (Å²) >= 11 is 0. The molecule has 2 aromatic rings. The summed E-state index contributed by atoms with van der Waals surface area (Å²) in [5.74, 6) is -0.116. The van der Waals surface area contributed by atoms with Gasteiger partial charge in [-0.05, 0) is 28.8 Å². The topological polar surface area (TPSA) is 38.5 Å². The monoisotopic (exact) mass is 286 g/mol. The van der Waals surface area contributed by atoms with Gasteiger partial charge in [0.05, 0.1) is 7.11 Å². The van der Waals surface area contributed by atoms with Gasteiger partial charge in [-0.15, -0.1) is 0 Å². The second-order valence-electron chi connectivity index (χ2n) is 5.44. The van der Waals surface area contributed by atoms with Crippen LogP contribution >= 0.6 is 0 Å². The fourth-order valence-electron chi connectivity index (χ4n) is 2.83. The van der Waals surface area contributed by atoms with Crippen LogP contribution in [0.1, 0.15) is 22.7 Å². The molecule has 0 radical (unpaired) electrons. The number of ether oxygens (including phenoxy) is 1. The van der Waals surface area contributed by atoms with Crippen molar-refractivity contribution in [2.45, 2.75) is 19.1 Å². The maximum absolute atomic E-state index is 13.7. The van der Waals surface area contributed by atoms with Gasteiger partial charge in [0, 0.05) is 25.7 Å². The summed E-state index contributed by atoms with van der Waals surface area (Å²) in [6.07, 6.45) is 0. The summed E-state index contributed by atoms with van der Waals surface area (Å²) in [6.45, 7) is 2.52. The maximum atomic E-state index is 13.7. The van der Waals surface area contributed by atoms with Crippen molar-refractivity contribution in [2.75, 3.05) is 13.7 Å². The Morgan fingerprint density at radius 1 is 1.19 bits per heavy atom. The number of hydrogen-bond donors (Lipinski definition) is 1. The molecule has 4 heteroatoms. The molecule has 0 saturated heterocycles. The van der Waals surface area contributed by atoms with Crippen molar-refractivity contribution in [3.63, 3.8) is 0 Å². The smallest absolute Gasteiger partial charge is 0.165 e.